The van der Waals surface area contributed by atoms with Crippen molar-refractivity contribution in [3.8, 4) is 0 Å². The number of carbonyl (C=O) groups is 2. The number of hydrogen-bond donors (Lipinski definition) is 3. The molecule has 0 saturated heterocycles. The summed E-state index contributed by atoms with van der Waals surface area (Å²) in [4.78, 5) is 27.1. The summed E-state index contributed by atoms with van der Waals surface area (Å²) in [5, 5.41) is 8.00. The maximum absolute atomic E-state index is 12.9. The number of fused-ring (bicyclic) bond motifs is 2. The number of sulfone groups is 1. The van der Waals surface area contributed by atoms with E-state index in [1.54, 1.807) is 50.4 Å². The molecule has 15 nitrogen and oxygen atoms in total. The Morgan fingerprint density at radius 3 is 1.67 bits per heavy atom. The number of nitrogens with one attached hydrogen (secondary N) is 3. The Balaban J connectivity index is 0.000000269. The highest BCUT2D eigenvalue weighted by molar-refractivity contribution is 7.91. The number of likely N-dealkylation sites (N-methyl/N-ethyl adjacent to an activating group) is 2. The lowest BCUT2D eigenvalue weighted by molar-refractivity contribution is -0.117. The van der Waals surface area contributed by atoms with Crippen LogP contribution in [0.1, 0.15) is 117 Å². The Morgan fingerprint density at radius 2 is 1.12 bits per heavy atom. The summed E-state index contributed by atoms with van der Waals surface area (Å²) in [6.07, 6.45) is 7.40. The Morgan fingerprint density at radius 1 is 0.603 bits per heavy atom. The minimum atomic E-state index is -3.70. The summed E-state index contributed by atoms with van der Waals surface area (Å²) in [5.74, 6) is 0.327. The normalized spacial score (nSPS) is 15.5. The van der Waals surface area contributed by atoms with Gasteiger partial charge in [0.15, 0.2) is 9.84 Å². The van der Waals surface area contributed by atoms with Gasteiger partial charge in [0, 0.05) is 97.9 Å². The molecule has 21 heteroatoms. The number of halogens is 4. The zero-order valence-electron chi connectivity index (χ0n) is 46.2. The van der Waals surface area contributed by atoms with Crippen molar-refractivity contribution in [1.82, 2.24) is 25.2 Å². The predicted molar refractivity (Wildman–Crippen MR) is 314 cm³/mol. The molecule has 0 radical (unpaired) electrons. The lowest BCUT2D eigenvalue weighted by atomic mass is 9.85. The van der Waals surface area contributed by atoms with E-state index in [9.17, 15) is 26.4 Å². The molecule has 78 heavy (non-hydrogen) atoms. The van der Waals surface area contributed by atoms with Crippen LogP contribution in [0.2, 0.25) is 20.1 Å². The van der Waals surface area contributed by atoms with Gasteiger partial charge in [-0.15, -0.1) is 0 Å². The number of unbranched alkanes of at least 4 members (excludes halogenated alkanes) is 4. The van der Waals surface area contributed by atoms with E-state index in [0.717, 1.165) is 72.4 Å². The van der Waals surface area contributed by atoms with Gasteiger partial charge in [-0.3, -0.25) is 0 Å². The number of urea groups is 1. The zero-order valence-corrected chi connectivity index (χ0v) is 50.8. The molecular formula is C57H81Cl4N5O10S2. The first-order chi connectivity index (χ1) is 37.3. The van der Waals surface area contributed by atoms with Crippen LogP contribution in [0.25, 0.3) is 0 Å². The van der Waals surface area contributed by atoms with Gasteiger partial charge in [0.2, 0.25) is 10.0 Å². The molecule has 6 rings (SSSR count). The number of ketones is 1. The second-order valence-corrected chi connectivity index (χ2v) is 25.1. The first-order valence-electron chi connectivity index (χ1n) is 26.8. The van der Waals surface area contributed by atoms with Gasteiger partial charge in [0.1, 0.15) is 5.78 Å². The number of ether oxygens (including phenoxy) is 4. The Labute approximate surface area is 484 Å². The van der Waals surface area contributed by atoms with Gasteiger partial charge in [-0.2, -0.15) is 0 Å². The minimum Gasteiger partial charge on any atom is -0.382 e. The number of carbonyl (C=O) groups excluding carboxylic acids is 2. The molecule has 0 saturated carbocycles. The van der Waals surface area contributed by atoms with Crippen LogP contribution >= 0.6 is 46.4 Å². The van der Waals surface area contributed by atoms with Crippen molar-refractivity contribution >= 4 is 78.1 Å². The van der Waals surface area contributed by atoms with Crippen molar-refractivity contribution in [3.63, 3.8) is 0 Å². The third-order valence-electron chi connectivity index (χ3n) is 12.9. The average molecular weight is 1200 g/mol. The lowest BCUT2D eigenvalue weighted by Gasteiger charge is -2.33. The fraction of sp³-hybridized carbons (Fsp3) is 0.544. The molecule has 2 aliphatic rings. The van der Waals surface area contributed by atoms with Gasteiger partial charge in [0.25, 0.3) is 0 Å². The first kappa shape index (κ1) is 67.1. The summed E-state index contributed by atoms with van der Waals surface area (Å²) < 4.78 is 74.4. The highest BCUT2D eigenvalue weighted by atomic mass is 35.5. The van der Waals surface area contributed by atoms with Gasteiger partial charge in [0.05, 0.1) is 55.2 Å². The maximum atomic E-state index is 12.9. The van der Waals surface area contributed by atoms with Crippen molar-refractivity contribution in [2.45, 2.75) is 107 Å². The molecule has 2 aliphatic heterocycles. The smallest absolute Gasteiger partial charge is 0.314 e. The van der Waals surface area contributed by atoms with E-state index in [1.165, 1.54) is 19.3 Å². The van der Waals surface area contributed by atoms with Gasteiger partial charge >= 0.3 is 6.03 Å². The van der Waals surface area contributed by atoms with E-state index in [-0.39, 0.29) is 47.5 Å². The van der Waals surface area contributed by atoms with Crippen LogP contribution < -0.4 is 15.4 Å². The second-order valence-electron chi connectivity index (χ2n) is 19.5. The second kappa shape index (κ2) is 35.5. The topological polar surface area (TPSA) is 182 Å². The molecule has 0 fully saturated rings. The van der Waals surface area contributed by atoms with Gasteiger partial charge < -0.3 is 44.2 Å². The van der Waals surface area contributed by atoms with E-state index in [2.05, 4.69) is 32.1 Å². The monoisotopic (exact) mass is 1200 g/mol. The number of sulfonamides is 1. The van der Waals surface area contributed by atoms with E-state index in [0.29, 0.717) is 97.0 Å². The van der Waals surface area contributed by atoms with E-state index >= 15 is 0 Å². The average Bonchev–Trinajstić information content (AvgIpc) is 3.47. The van der Waals surface area contributed by atoms with E-state index in [4.69, 9.17) is 65.4 Å². The Kier molecular flexibility index (Phi) is 30.5. The number of rotatable bonds is 29. The molecule has 0 aliphatic carbocycles. The van der Waals surface area contributed by atoms with Crippen LogP contribution in [0.5, 0.6) is 0 Å². The molecule has 2 atom stereocenters. The molecule has 4 aromatic carbocycles. The van der Waals surface area contributed by atoms with Crippen LogP contribution in [0.15, 0.2) is 82.6 Å². The zero-order chi connectivity index (χ0) is 57.1. The fourth-order valence-corrected chi connectivity index (χ4v) is 12.6. The number of methoxy groups -OCH3 is 1. The number of hydrogen-bond acceptors (Lipinski definition) is 12. The summed E-state index contributed by atoms with van der Waals surface area (Å²) >= 11 is 25.4. The molecule has 3 N–H and O–H groups in total. The molecule has 434 valence electrons. The minimum absolute atomic E-state index is 0.0428. The van der Waals surface area contributed by atoms with Gasteiger partial charge in [-0.1, -0.05) is 110 Å². The number of benzene rings is 4. The van der Waals surface area contributed by atoms with Crippen molar-refractivity contribution in [2.75, 3.05) is 106 Å². The number of Topliss-reactive ketones (excluding diaryl/α,β-unsaturated/α-hetero) is 1. The van der Waals surface area contributed by atoms with Crippen LogP contribution in [-0.4, -0.2) is 144 Å². The van der Waals surface area contributed by atoms with Crippen molar-refractivity contribution in [3.05, 3.63) is 126 Å². The van der Waals surface area contributed by atoms with Crippen LogP contribution in [0.3, 0.4) is 0 Å². The van der Waals surface area contributed by atoms with Crippen LogP contribution in [-0.2, 0) is 56.7 Å². The van der Waals surface area contributed by atoms with Crippen molar-refractivity contribution in [1.29, 1.82) is 0 Å². The van der Waals surface area contributed by atoms with Crippen molar-refractivity contribution < 1.29 is 45.4 Å². The molecule has 4 aromatic rings. The van der Waals surface area contributed by atoms with Crippen LogP contribution in [0, 0.1) is 0 Å². The Hall–Kier alpha value is -3.40. The molecule has 2 unspecified atom stereocenters. The summed E-state index contributed by atoms with van der Waals surface area (Å²) in [6, 6.07) is 21.6. The number of nitrogens with zero attached hydrogens (tertiary/aromatic N) is 2. The summed E-state index contributed by atoms with van der Waals surface area (Å²) in [5.41, 5.74) is 6.06. The highest BCUT2D eigenvalue weighted by Crippen LogP contribution is 2.40. The molecule has 0 spiro atoms. The SMILES string of the molecule is CC(=O)CCCOCCOCCNS(=O)(=O)c1cccc(C2CN(C)Cc3c(Cl)cc(Cl)cc32)c1.CCCCCCNC(=O)NCCOCCOC.CCCCS(=O)(=O)c1cccc(C2CN(C)Cc3c(Cl)cc(Cl)cc32)c1. The fourth-order valence-electron chi connectivity index (χ4n) is 8.91. The molecule has 2 amide bonds. The standard InChI is InChI=1S/C25H32Cl2N2O5S.C20H23Cl2NO2S.C12H26N2O3/c1-18(30)5-4-9-33-11-12-34-10-8-28-35(31,32)21-7-3-6-19(13-21)23-16-29(2)17-24-22(23)14-20(26)15-25(24)27;1-3-4-8-26(24,25)16-7-5-6-14(9-16)18-12-23(2)13-19-17(18)10-15(21)11-20(19)22;1-3-4-5-6-7-13-12(15)14-8-9-17-11-10-16-2/h3,6-7,13-15,23,28H,4-5,8-12,16-17H2,1-2H3;5-7,9-11,18H,3-4,8,12-13H2,1-2H3;3-11H2,1-2H3,(H2,13,14,15). The first-order valence-corrected chi connectivity index (χ1v) is 31.4. The third-order valence-corrected chi connectivity index (χ3v) is 17.3. The largest absolute Gasteiger partial charge is 0.382 e. The molecule has 0 bridgehead atoms. The van der Waals surface area contributed by atoms with Crippen molar-refractivity contribution in [2.24, 2.45) is 0 Å². The van der Waals surface area contributed by atoms with Crippen LogP contribution in [0.4, 0.5) is 4.79 Å². The van der Waals surface area contributed by atoms with Gasteiger partial charge in [-0.05, 0) is 122 Å². The Bertz CT molecular complexity index is 2720. The van der Waals surface area contributed by atoms with E-state index < -0.39 is 19.9 Å². The summed E-state index contributed by atoms with van der Waals surface area (Å²) in [7, 11) is -1.27. The molecule has 2 heterocycles. The maximum Gasteiger partial charge on any atom is 0.314 e. The highest BCUT2D eigenvalue weighted by Gasteiger charge is 2.30. The quantitative estimate of drug-likeness (QED) is 0.0438. The predicted octanol–water partition coefficient (Wildman–Crippen LogP) is 10.9. The van der Waals surface area contributed by atoms with E-state index in [1.807, 2.05) is 57.4 Å². The molecular weight excluding hydrogens is 1120 g/mol. The lowest BCUT2D eigenvalue weighted by Crippen LogP contribution is -2.37. The third kappa shape index (κ3) is 23.2. The summed E-state index contributed by atoms with van der Waals surface area (Å²) in [6.45, 7) is 13.3. The molecule has 0 aromatic heterocycles. The number of amides is 2. The van der Waals surface area contributed by atoms with Gasteiger partial charge in [-0.25, -0.2) is 26.4 Å².